The topological polar surface area (TPSA) is 81.8 Å². The Balaban J connectivity index is 1.46. The van der Waals surface area contributed by atoms with Crippen LogP contribution in [-0.4, -0.2) is 23.4 Å². The average Bonchev–Trinajstić information content (AvgIpc) is 3.14. The van der Waals surface area contributed by atoms with Crippen LogP contribution < -0.4 is 15.2 Å². The molecule has 37 heavy (non-hydrogen) atoms. The summed E-state index contributed by atoms with van der Waals surface area (Å²) in [5.41, 5.74) is 11.5. The molecule has 0 bridgehead atoms. The van der Waals surface area contributed by atoms with Gasteiger partial charge in [0.25, 0.3) is 0 Å². The summed E-state index contributed by atoms with van der Waals surface area (Å²) in [4.78, 5) is 12.3. The standard InChI is InChI=1S/C32H45NO4/c1-18-25-19(17-33)14-24-31(6,21(25)15-23-26(18)37-28(2,3)36-23)9-8-20-22-16-30(5,27(34)35)11-10-29(22,4)12-13-32(20,24)7/h14-15,19-20,22H,8-13,16-17,33H2,1-7H3,(H,34,35)/t19?,20?,22?,29?,30-,31?,32?/m1/s1. The quantitative estimate of drug-likeness (QED) is 0.428. The van der Waals surface area contributed by atoms with E-state index in [2.05, 4.69) is 39.8 Å². The van der Waals surface area contributed by atoms with Gasteiger partial charge in [0.1, 0.15) is 0 Å². The van der Waals surface area contributed by atoms with Gasteiger partial charge in [0, 0.05) is 31.7 Å². The highest BCUT2D eigenvalue weighted by Crippen LogP contribution is 2.70. The van der Waals surface area contributed by atoms with E-state index in [1.165, 1.54) is 24.0 Å². The van der Waals surface area contributed by atoms with Crippen LogP contribution in [0.25, 0.3) is 0 Å². The fraction of sp³-hybridized carbons (Fsp3) is 0.719. The number of fused-ring (bicyclic) bond motifs is 8. The molecule has 0 saturated heterocycles. The molecule has 0 amide bonds. The van der Waals surface area contributed by atoms with Crippen LogP contribution in [0.5, 0.6) is 11.5 Å². The first kappa shape index (κ1) is 25.3. The van der Waals surface area contributed by atoms with Gasteiger partial charge in [-0.3, -0.25) is 4.79 Å². The number of carboxylic acid groups (broad SMARTS) is 1. The molecule has 3 saturated carbocycles. The SMILES string of the molecule is Cc1c2c(cc3c1C(CN)C=C1C3(C)CCC3C4C[C@](C)(C(=O)O)CCC4(C)CCC13C)OC(C)(C)O2. The van der Waals surface area contributed by atoms with Crippen molar-refractivity contribution in [3.63, 3.8) is 0 Å². The molecule has 6 unspecified atom stereocenters. The van der Waals surface area contributed by atoms with Crippen molar-refractivity contribution in [1.29, 1.82) is 0 Å². The lowest BCUT2D eigenvalue weighted by Gasteiger charge is -2.65. The maximum atomic E-state index is 12.3. The molecule has 1 aromatic carbocycles. The summed E-state index contributed by atoms with van der Waals surface area (Å²) in [5, 5.41) is 10.1. The Kier molecular flexibility index (Phi) is 5.16. The number of allylic oxidation sites excluding steroid dienone is 1. The molecule has 4 aliphatic carbocycles. The molecule has 5 heteroatoms. The van der Waals surface area contributed by atoms with Crippen molar-refractivity contribution in [2.45, 2.75) is 111 Å². The first-order chi connectivity index (χ1) is 17.2. The zero-order chi connectivity index (χ0) is 26.8. The number of rotatable bonds is 2. The highest BCUT2D eigenvalue weighted by molar-refractivity contribution is 5.74. The Labute approximate surface area is 222 Å². The lowest BCUT2D eigenvalue weighted by atomic mass is 9.39. The smallest absolute Gasteiger partial charge is 0.309 e. The highest BCUT2D eigenvalue weighted by Gasteiger charge is 2.62. The van der Waals surface area contributed by atoms with Gasteiger partial charge < -0.3 is 20.3 Å². The van der Waals surface area contributed by atoms with Gasteiger partial charge in [-0.25, -0.2) is 0 Å². The second-order valence-electron chi connectivity index (χ2n) is 14.5. The fourth-order valence-corrected chi connectivity index (χ4v) is 9.53. The molecule has 3 N–H and O–H groups in total. The van der Waals surface area contributed by atoms with E-state index in [4.69, 9.17) is 15.2 Å². The van der Waals surface area contributed by atoms with Gasteiger partial charge >= 0.3 is 5.97 Å². The number of nitrogens with two attached hydrogens (primary N) is 1. The molecule has 0 radical (unpaired) electrons. The number of ether oxygens (including phenoxy) is 2. The maximum Gasteiger partial charge on any atom is 0.309 e. The third-order valence-corrected chi connectivity index (χ3v) is 11.8. The minimum atomic E-state index is -0.665. The van der Waals surface area contributed by atoms with E-state index in [9.17, 15) is 9.90 Å². The number of aliphatic carboxylic acids is 1. The lowest BCUT2D eigenvalue weighted by molar-refractivity contribution is -0.160. The zero-order valence-corrected chi connectivity index (χ0v) is 23.8. The molecule has 0 spiro atoms. The summed E-state index contributed by atoms with van der Waals surface area (Å²) in [5.74, 6) is 1.52. The van der Waals surface area contributed by atoms with Gasteiger partial charge in [0.15, 0.2) is 11.5 Å². The predicted molar refractivity (Wildman–Crippen MR) is 145 cm³/mol. The number of hydrogen-bond donors (Lipinski definition) is 2. The van der Waals surface area contributed by atoms with Gasteiger partial charge in [0.05, 0.1) is 5.41 Å². The van der Waals surface area contributed by atoms with E-state index < -0.39 is 17.2 Å². The molecule has 202 valence electrons. The van der Waals surface area contributed by atoms with Crippen LogP contribution in [0.15, 0.2) is 17.7 Å². The Morgan fingerprint density at radius 2 is 1.73 bits per heavy atom. The number of benzene rings is 1. The lowest BCUT2D eigenvalue weighted by Crippen LogP contribution is -2.57. The van der Waals surface area contributed by atoms with E-state index in [0.717, 1.165) is 49.2 Å². The summed E-state index contributed by atoms with van der Waals surface area (Å²) in [6.07, 6.45) is 9.68. The first-order valence-corrected chi connectivity index (χ1v) is 14.4. The zero-order valence-electron chi connectivity index (χ0n) is 23.8. The fourth-order valence-electron chi connectivity index (χ4n) is 9.53. The Morgan fingerprint density at radius 3 is 2.41 bits per heavy atom. The summed E-state index contributed by atoms with van der Waals surface area (Å²) in [7, 11) is 0. The van der Waals surface area contributed by atoms with Crippen molar-refractivity contribution < 1.29 is 19.4 Å². The summed E-state index contributed by atoms with van der Waals surface area (Å²) >= 11 is 0. The Bertz CT molecular complexity index is 1220. The number of carbonyl (C=O) groups is 1. The largest absolute Gasteiger partial charge is 0.481 e. The van der Waals surface area contributed by atoms with Crippen LogP contribution >= 0.6 is 0 Å². The van der Waals surface area contributed by atoms with Gasteiger partial charge in [-0.2, -0.15) is 0 Å². The van der Waals surface area contributed by atoms with E-state index in [1.807, 2.05) is 20.8 Å². The van der Waals surface area contributed by atoms with Crippen molar-refractivity contribution in [3.05, 3.63) is 34.4 Å². The van der Waals surface area contributed by atoms with Gasteiger partial charge in [-0.05, 0) is 104 Å². The van der Waals surface area contributed by atoms with Crippen LogP contribution in [0.3, 0.4) is 0 Å². The molecule has 3 fully saturated rings. The maximum absolute atomic E-state index is 12.3. The van der Waals surface area contributed by atoms with Crippen LogP contribution in [0.2, 0.25) is 0 Å². The predicted octanol–water partition coefficient (Wildman–Crippen LogP) is 6.85. The van der Waals surface area contributed by atoms with E-state index in [1.54, 1.807) is 5.57 Å². The van der Waals surface area contributed by atoms with Crippen molar-refractivity contribution in [2.24, 2.45) is 33.8 Å². The van der Waals surface area contributed by atoms with Crippen molar-refractivity contribution >= 4 is 5.97 Å². The van der Waals surface area contributed by atoms with Gasteiger partial charge in [-0.1, -0.05) is 32.4 Å². The average molecular weight is 508 g/mol. The molecule has 1 aromatic rings. The molecule has 7 atom stereocenters. The van der Waals surface area contributed by atoms with Gasteiger partial charge in [-0.15, -0.1) is 0 Å². The van der Waals surface area contributed by atoms with Crippen molar-refractivity contribution in [3.8, 4) is 11.5 Å². The third kappa shape index (κ3) is 3.28. The molecule has 5 nitrogen and oxygen atoms in total. The Hall–Kier alpha value is -2.01. The van der Waals surface area contributed by atoms with Crippen molar-refractivity contribution in [1.82, 2.24) is 0 Å². The number of hydrogen-bond acceptors (Lipinski definition) is 4. The number of carboxylic acids is 1. The van der Waals surface area contributed by atoms with Crippen LogP contribution in [0.4, 0.5) is 0 Å². The van der Waals surface area contributed by atoms with E-state index >= 15 is 0 Å². The van der Waals surface area contributed by atoms with Crippen LogP contribution in [-0.2, 0) is 10.2 Å². The minimum absolute atomic E-state index is 0.0442. The van der Waals surface area contributed by atoms with Gasteiger partial charge in [0.2, 0.25) is 5.79 Å². The molecule has 0 aromatic heterocycles. The van der Waals surface area contributed by atoms with Crippen LogP contribution in [0, 0.1) is 35.0 Å². The second-order valence-corrected chi connectivity index (χ2v) is 14.5. The summed E-state index contributed by atoms with van der Waals surface area (Å²) in [6, 6.07) is 2.26. The molecule has 1 heterocycles. The first-order valence-electron chi connectivity index (χ1n) is 14.4. The molecular formula is C32H45NO4. The molecular weight excluding hydrogens is 462 g/mol. The third-order valence-electron chi connectivity index (χ3n) is 11.8. The summed E-state index contributed by atoms with van der Waals surface area (Å²) < 4.78 is 12.5. The second kappa shape index (κ2) is 7.55. The van der Waals surface area contributed by atoms with Crippen molar-refractivity contribution in [2.75, 3.05) is 6.54 Å². The summed E-state index contributed by atoms with van der Waals surface area (Å²) in [6.45, 7) is 16.0. The van der Waals surface area contributed by atoms with E-state index in [0.29, 0.717) is 18.4 Å². The highest BCUT2D eigenvalue weighted by atomic mass is 16.7. The monoisotopic (exact) mass is 507 g/mol. The minimum Gasteiger partial charge on any atom is -0.481 e. The Morgan fingerprint density at radius 1 is 1.03 bits per heavy atom. The van der Waals surface area contributed by atoms with E-state index in [-0.39, 0.29) is 22.2 Å². The molecule has 5 aliphatic rings. The molecule has 6 rings (SSSR count). The molecule has 1 aliphatic heterocycles. The van der Waals surface area contributed by atoms with Crippen LogP contribution in [0.1, 0.15) is 109 Å². The normalized spacial score (nSPS) is 43.1.